The number of alkyl halides is 3. The minimum absolute atomic E-state index is 0.0407. The Morgan fingerprint density at radius 1 is 1.15 bits per heavy atom. The number of nitrogens with zero attached hydrogens (tertiary/aromatic N) is 1. The Hall–Kier alpha value is -3.11. The van der Waals surface area contributed by atoms with E-state index in [0.717, 1.165) is 24.9 Å². The molecule has 0 saturated carbocycles. The van der Waals surface area contributed by atoms with E-state index in [9.17, 15) is 32.8 Å². The highest BCUT2D eigenvalue weighted by Crippen LogP contribution is 2.44. The van der Waals surface area contributed by atoms with Gasteiger partial charge in [0, 0.05) is 11.6 Å². The zero-order chi connectivity index (χ0) is 29.8. The van der Waals surface area contributed by atoms with E-state index in [1.165, 1.54) is 18.2 Å². The van der Waals surface area contributed by atoms with E-state index in [4.69, 9.17) is 44.3 Å². The van der Waals surface area contributed by atoms with Crippen LogP contribution in [0, 0.1) is 17.2 Å². The van der Waals surface area contributed by atoms with E-state index in [1.807, 2.05) is 6.07 Å². The third kappa shape index (κ3) is 6.96. The van der Waals surface area contributed by atoms with Crippen molar-refractivity contribution in [3.05, 3.63) is 67.1 Å². The van der Waals surface area contributed by atoms with E-state index < -0.39 is 52.1 Å². The van der Waals surface area contributed by atoms with Gasteiger partial charge in [-0.3, -0.25) is 14.4 Å². The van der Waals surface area contributed by atoms with Crippen molar-refractivity contribution in [1.82, 2.24) is 5.32 Å². The fourth-order valence-electron chi connectivity index (χ4n) is 3.88. The third-order valence-electron chi connectivity index (χ3n) is 5.56. The van der Waals surface area contributed by atoms with E-state index in [-0.39, 0.29) is 44.3 Å². The number of nitriles is 1. The second-order valence-electron chi connectivity index (χ2n) is 8.10. The summed E-state index contributed by atoms with van der Waals surface area (Å²) < 4.78 is 49.6. The molecule has 0 aliphatic carbocycles. The Morgan fingerprint density at radius 3 is 2.35 bits per heavy atom. The average Bonchev–Trinajstić information content (AvgIpc) is 2.89. The molecule has 0 radical (unpaired) electrons. The van der Waals surface area contributed by atoms with Crippen LogP contribution < -0.4 is 15.4 Å². The highest BCUT2D eigenvalue weighted by molar-refractivity contribution is 8.03. The Morgan fingerprint density at radius 2 is 1.80 bits per heavy atom. The van der Waals surface area contributed by atoms with Crippen molar-refractivity contribution in [2.45, 2.75) is 19.0 Å². The van der Waals surface area contributed by atoms with Crippen LogP contribution in [0.3, 0.4) is 0 Å². The molecule has 0 unspecified atom stereocenters. The van der Waals surface area contributed by atoms with Gasteiger partial charge in [0.2, 0.25) is 11.8 Å². The van der Waals surface area contributed by atoms with E-state index in [1.54, 1.807) is 6.92 Å². The number of anilines is 1. The molecule has 1 aliphatic heterocycles. The summed E-state index contributed by atoms with van der Waals surface area (Å²) in [5, 5.41) is 14.4. The number of thioether (sulfide) groups is 1. The van der Waals surface area contributed by atoms with Crippen molar-refractivity contribution in [3.8, 4) is 11.8 Å². The standard InChI is InChI=1S/C25H19Cl3F3N3O5S/c1-3-39-21-16(27)6-11(7-17(21)28)19-13(9-32)23(34-22(36)20(19)24(37)38-2)40-10-18(35)33-12-4-5-15(26)14(8-12)25(29,30)31/h4-8,19-20H,3,10H2,1-2H3,(H,33,35)(H,34,36)/t19-,20+/m1/s1. The van der Waals surface area contributed by atoms with Gasteiger partial charge in [0.15, 0.2) is 5.75 Å². The van der Waals surface area contributed by atoms with Gasteiger partial charge in [0.05, 0.1) is 56.8 Å². The topological polar surface area (TPSA) is 118 Å². The summed E-state index contributed by atoms with van der Waals surface area (Å²) in [4.78, 5) is 38.2. The zero-order valence-electron chi connectivity index (χ0n) is 20.6. The summed E-state index contributed by atoms with van der Waals surface area (Å²) in [5.74, 6) is -5.39. The van der Waals surface area contributed by atoms with Crippen LogP contribution in [-0.4, -0.2) is 37.3 Å². The highest BCUT2D eigenvalue weighted by atomic mass is 35.5. The summed E-state index contributed by atoms with van der Waals surface area (Å²) in [6, 6.07) is 7.65. The van der Waals surface area contributed by atoms with Gasteiger partial charge in [0.1, 0.15) is 5.92 Å². The molecule has 40 heavy (non-hydrogen) atoms. The van der Waals surface area contributed by atoms with Crippen LogP contribution in [-0.2, 0) is 25.3 Å². The van der Waals surface area contributed by atoms with Gasteiger partial charge in [-0.25, -0.2) is 0 Å². The number of esters is 1. The largest absolute Gasteiger partial charge is 0.491 e. The first-order valence-corrected chi connectivity index (χ1v) is 13.4. The smallest absolute Gasteiger partial charge is 0.417 e. The molecule has 212 valence electrons. The van der Waals surface area contributed by atoms with Crippen LogP contribution in [0.1, 0.15) is 24.0 Å². The van der Waals surface area contributed by atoms with Crippen molar-refractivity contribution in [1.29, 1.82) is 5.26 Å². The number of carbonyl (C=O) groups excluding carboxylic acids is 3. The molecule has 1 heterocycles. The number of benzene rings is 2. The lowest BCUT2D eigenvalue weighted by Crippen LogP contribution is -2.44. The fraction of sp³-hybridized carbons (Fsp3) is 0.280. The highest BCUT2D eigenvalue weighted by Gasteiger charge is 2.45. The molecule has 15 heteroatoms. The number of nitrogens with one attached hydrogen (secondary N) is 2. The number of amides is 2. The summed E-state index contributed by atoms with van der Waals surface area (Å²) in [6.45, 7) is 1.98. The molecule has 2 atom stereocenters. The number of rotatable bonds is 8. The minimum atomic E-state index is -4.73. The number of allylic oxidation sites excluding steroid dienone is 1. The quantitative estimate of drug-likeness (QED) is 0.263. The van der Waals surface area contributed by atoms with Gasteiger partial charge in [-0.15, -0.1) is 0 Å². The van der Waals surface area contributed by atoms with Crippen molar-refractivity contribution < 1.29 is 37.0 Å². The average molecular weight is 637 g/mol. The Bertz CT molecular complexity index is 1410. The van der Waals surface area contributed by atoms with Gasteiger partial charge >= 0.3 is 12.1 Å². The van der Waals surface area contributed by atoms with E-state index >= 15 is 0 Å². The SMILES string of the molecule is CCOc1c(Cl)cc([C@@H]2C(C#N)=C(SCC(=O)Nc3ccc(Cl)c(C(F)(F)F)c3)NC(=O)[C@H]2C(=O)OC)cc1Cl. The predicted octanol–water partition coefficient (Wildman–Crippen LogP) is 6.17. The molecule has 2 aromatic carbocycles. The molecule has 2 amide bonds. The second-order valence-corrected chi connectivity index (χ2v) is 10.3. The van der Waals surface area contributed by atoms with Gasteiger partial charge in [-0.1, -0.05) is 46.6 Å². The Labute approximate surface area is 245 Å². The van der Waals surface area contributed by atoms with Crippen LogP contribution in [0.15, 0.2) is 40.9 Å². The number of hydrogen-bond donors (Lipinski definition) is 2. The summed E-state index contributed by atoms with van der Waals surface area (Å²) in [6.07, 6.45) is -4.73. The zero-order valence-corrected chi connectivity index (χ0v) is 23.7. The van der Waals surface area contributed by atoms with Gasteiger partial charge in [0.25, 0.3) is 0 Å². The predicted molar refractivity (Wildman–Crippen MR) is 144 cm³/mol. The summed E-state index contributed by atoms with van der Waals surface area (Å²) in [7, 11) is 1.08. The van der Waals surface area contributed by atoms with Crippen molar-refractivity contribution in [2.75, 3.05) is 24.8 Å². The van der Waals surface area contributed by atoms with Crippen LogP contribution in [0.25, 0.3) is 0 Å². The number of hydrogen-bond acceptors (Lipinski definition) is 7. The maximum atomic E-state index is 13.1. The van der Waals surface area contributed by atoms with Crippen molar-refractivity contribution in [3.63, 3.8) is 0 Å². The fourth-order valence-corrected chi connectivity index (χ4v) is 5.56. The molecule has 0 aromatic heterocycles. The Kier molecular flexibility index (Phi) is 10.2. The first-order valence-electron chi connectivity index (χ1n) is 11.3. The maximum absolute atomic E-state index is 13.1. The van der Waals surface area contributed by atoms with Crippen LogP contribution in [0.4, 0.5) is 18.9 Å². The first kappa shape index (κ1) is 31.4. The summed E-state index contributed by atoms with van der Waals surface area (Å²) in [5.41, 5.74) is -1.14. The molecule has 8 nitrogen and oxygen atoms in total. The number of halogens is 6. The lowest BCUT2D eigenvalue weighted by molar-refractivity contribution is -0.150. The van der Waals surface area contributed by atoms with Crippen molar-refractivity contribution in [2.24, 2.45) is 5.92 Å². The van der Waals surface area contributed by atoms with Gasteiger partial charge in [-0.2, -0.15) is 18.4 Å². The molecule has 0 bridgehead atoms. The molecule has 2 aromatic rings. The minimum Gasteiger partial charge on any atom is -0.491 e. The molecular formula is C25H19Cl3F3N3O5S. The van der Waals surface area contributed by atoms with Gasteiger partial charge in [-0.05, 0) is 42.8 Å². The molecule has 3 rings (SSSR count). The van der Waals surface area contributed by atoms with Crippen LogP contribution in [0.2, 0.25) is 15.1 Å². The monoisotopic (exact) mass is 635 g/mol. The molecule has 0 fully saturated rings. The van der Waals surface area contributed by atoms with Gasteiger partial charge < -0.3 is 20.1 Å². The molecule has 0 spiro atoms. The third-order valence-corrected chi connectivity index (χ3v) is 7.46. The normalized spacial score (nSPS) is 17.1. The van der Waals surface area contributed by atoms with E-state index in [2.05, 4.69) is 10.6 Å². The number of ether oxygens (including phenoxy) is 2. The lowest BCUT2D eigenvalue weighted by atomic mass is 9.78. The first-order chi connectivity index (χ1) is 18.8. The van der Waals surface area contributed by atoms with Crippen molar-refractivity contribution >= 4 is 70.0 Å². The van der Waals surface area contributed by atoms with E-state index in [0.29, 0.717) is 6.07 Å². The summed E-state index contributed by atoms with van der Waals surface area (Å²) >= 11 is 19.0. The Balaban J connectivity index is 1.94. The second kappa shape index (κ2) is 13.0. The molecular weight excluding hydrogens is 618 g/mol. The number of methoxy groups -OCH3 is 1. The number of carbonyl (C=O) groups is 3. The van der Waals surface area contributed by atoms with Crippen LogP contribution in [0.5, 0.6) is 5.75 Å². The molecule has 2 N–H and O–H groups in total. The molecule has 1 aliphatic rings. The lowest BCUT2D eigenvalue weighted by Gasteiger charge is -2.31. The molecule has 0 saturated heterocycles. The van der Waals surface area contributed by atoms with Crippen LogP contribution >= 0.6 is 46.6 Å². The maximum Gasteiger partial charge on any atom is 0.417 e.